The zero-order valence-electron chi connectivity index (χ0n) is 13.9. The van der Waals surface area contributed by atoms with Gasteiger partial charge in [-0.3, -0.25) is 4.79 Å². The maximum atomic E-state index is 12.3. The molecule has 1 aliphatic heterocycles. The number of ether oxygens (including phenoxy) is 1. The first-order chi connectivity index (χ1) is 11.7. The molecule has 0 bridgehead atoms. The van der Waals surface area contributed by atoms with Gasteiger partial charge < -0.3 is 20.3 Å². The number of para-hydroxylation sites is 1. The Balaban J connectivity index is 1.55. The Morgan fingerprint density at radius 2 is 2.00 bits per heavy atom. The number of nitrogens with zero attached hydrogens (tertiary/aromatic N) is 1. The summed E-state index contributed by atoms with van der Waals surface area (Å²) in [6.07, 6.45) is 4.91. The lowest BCUT2D eigenvalue weighted by Crippen LogP contribution is -2.53. The van der Waals surface area contributed by atoms with Crippen LogP contribution in [0.5, 0.6) is 5.75 Å². The number of carbonyl (C=O) groups excluding carboxylic acids is 2. The molecule has 2 unspecified atom stereocenters. The van der Waals surface area contributed by atoms with Gasteiger partial charge in [-0.1, -0.05) is 24.6 Å². The van der Waals surface area contributed by atoms with Crippen molar-refractivity contribution in [2.45, 2.75) is 44.2 Å². The standard InChI is InChI=1S/C18H25N3O3/c22-17(13-21-12-6-11-19-18(21)23)20-15-9-4-5-10-16(15)24-14-7-2-1-3-8-14/h1-3,7-8,15-16H,4-6,9-13H2,(H,19,23)(H,20,22). The monoisotopic (exact) mass is 331 g/mol. The molecule has 3 amide bonds. The van der Waals surface area contributed by atoms with Crippen LogP contribution in [0.4, 0.5) is 4.79 Å². The van der Waals surface area contributed by atoms with E-state index in [0.717, 1.165) is 37.9 Å². The molecule has 1 aliphatic carbocycles. The van der Waals surface area contributed by atoms with Crippen LogP contribution in [0.15, 0.2) is 30.3 Å². The zero-order chi connectivity index (χ0) is 16.8. The lowest BCUT2D eigenvalue weighted by Gasteiger charge is -2.33. The Hall–Kier alpha value is -2.24. The normalized spacial score (nSPS) is 24.2. The fourth-order valence-corrected chi connectivity index (χ4v) is 3.33. The molecule has 2 atom stereocenters. The number of urea groups is 1. The van der Waals surface area contributed by atoms with E-state index in [1.54, 1.807) is 4.90 Å². The molecule has 1 aromatic carbocycles. The Bertz CT molecular complexity index is 564. The van der Waals surface area contributed by atoms with Crippen molar-refractivity contribution in [3.05, 3.63) is 30.3 Å². The Morgan fingerprint density at radius 1 is 1.21 bits per heavy atom. The van der Waals surface area contributed by atoms with E-state index in [1.807, 2.05) is 30.3 Å². The smallest absolute Gasteiger partial charge is 0.317 e. The highest BCUT2D eigenvalue weighted by atomic mass is 16.5. The molecule has 0 spiro atoms. The Kier molecular flexibility index (Phi) is 5.56. The van der Waals surface area contributed by atoms with Crippen LogP contribution in [0.25, 0.3) is 0 Å². The number of carbonyl (C=O) groups is 2. The predicted octanol–water partition coefficient (Wildman–Crippen LogP) is 1.91. The van der Waals surface area contributed by atoms with Gasteiger partial charge >= 0.3 is 6.03 Å². The van der Waals surface area contributed by atoms with Gasteiger partial charge in [-0.15, -0.1) is 0 Å². The van der Waals surface area contributed by atoms with Crippen LogP contribution in [0.3, 0.4) is 0 Å². The van der Waals surface area contributed by atoms with Crippen LogP contribution in [-0.2, 0) is 4.79 Å². The molecule has 0 radical (unpaired) electrons. The molecule has 130 valence electrons. The van der Waals surface area contributed by atoms with Crippen LogP contribution in [0.2, 0.25) is 0 Å². The second kappa shape index (κ2) is 8.04. The number of amides is 3. The highest BCUT2D eigenvalue weighted by molar-refractivity contribution is 5.84. The summed E-state index contributed by atoms with van der Waals surface area (Å²) in [5, 5.41) is 5.84. The lowest BCUT2D eigenvalue weighted by atomic mass is 9.92. The molecular formula is C18H25N3O3. The molecule has 6 nitrogen and oxygen atoms in total. The minimum atomic E-state index is -0.155. The second-order valence-electron chi connectivity index (χ2n) is 6.43. The van der Waals surface area contributed by atoms with E-state index in [4.69, 9.17) is 4.74 Å². The van der Waals surface area contributed by atoms with Gasteiger partial charge in [0.2, 0.25) is 5.91 Å². The Labute approximate surface area is 142 Å². The first-order valence-electron chi connectivity index (χ1n) is 8.76. The van der Waals surface area contributed by atoms with Crippen molar-refractivity contribution in [2.24, 2.45) is 0 Å². The number of benzene rings is 1. The van der Waals surface area contributed by atoms with Crippen molar-refractivity contribution in [1.82, 2.24) is 15.5 Å². The fraction of sp³-hybridized carbons (Fsp3) is 0.556. The van der Waals surface area contributed by atoms with Gasteiger partial charge in [0.15, 0.2) is 0 Å². The van der Waals surface area contributed by atoms with Gasteiger partial charge in [0.05, 0.1) is 6.04 Å². The first-order valence-corrected chi connectivity index (χ1v) is 8.76. The summed E-state index contributed by atoms with van der Waals surface area (Å²) < 4.78 is 6.07. The topological polar surface area (TPSA) is 70.7 Å². The molecule has 1 heterocycles. The second-order valence-corrected chi connectivity index (χ2v) is 6.43. The number of hydrogen-bond acceptors (Lipinski definition) is 3. The first kappa shape index (κ1) is 16.6. The van der Waals surface area contributed by atoms with Crippen molar-refractivity contribution in [3.63, 3.8) is 0 Å². The Morgan fingerprint density at radius 3 is 2.79 bits per heavy atom. The summed E-state index contributed by atoms with van der Waals surface area (Å²) in [4.78, 5) is 25.6. The highest BCUT2D eigenvalue weighted by Gasteiger charge is 2.29. The third-order valence-corrected chi connectivity index (χ3v) is 4.58. The molecule has 1 saturated heterocycles. The molecule has 2 aliphatic rings. The van der Waals surface area contributed by atoms with Gasteiger partial charge in [0.1, 0.15) is 18.4 Å². The van der Waals surface area contributed by atoms with Crippen molar-refractivity contribution in [3.8, 4) is 5.75 Å². The molecule has 0 aromatic heterocycles. The zero-order valence-corrected chi connectivity index (χ0v) is 13.9. The predicted molar refractivity (Wildman–Crippen MR) is 90.8 cm³/mol. The molecule has 2 fully saturated rings. The van der Waals surface area contributed by atoms with Crippen LogP contribution in [-0.4, -0.2) is 48.6 Å². The van der Waals surface area contributed by atoms with E-state index in [0.29, 0.717) is 13.1 Å². The number of hydrogen-bond donors (Lipinski definition) is 2. The highest BCUT2D eigenvalue weighted by Crippen LogP contribution is 2.23. The SMILES string of the molecule is O=C(CN1CCCNC1=O)NC1CCCCC1Oc1ccccc1. The molecule has 24 heavy (non-hydrogen) atoms. The van der Waals surface area contributed by atoms with Gasteiger partial charge in [-0.2, -0.15) is 0 Å². The lowest BCUT2D eigenvalue weighted by molar-refractivity contribution is -0.123. The van der Waals surface area contributed by atoms with E-state index in [2.05, 4.69) is 10.6 Å². The number of nitrogens with one attached hydrogen (secondary N) is 2. The summed E-state index contributed by atoms with van der Waals surface area (Å²) in [6, 6.07) is 9.56. The van der Waals surface area contributed by atoms with Gasteiger partial charge in [-0.05, 0) is 37.8 Å². The molecule has 6 heteroatoms. The molecular weight excluding hydrogens is 306 g/mol. The van der Waals surface area contributed by atoms with Gasteiger partial charge in [0, 0.05) is 13.1 Å². The minimum absolute atomic E-state index is 0.000641. The summed E-state index contributed by atoms with van der Waals surface area (Å²) >= 11 is 0. The average molecular weight is 331 g/mol. The largest absolute Gasteiger partial charge is 0.488 e. The van der Waals surface area contributed by atoms with Crippen molar-refractivity contribution >= 4 is 11.9 Å². The maximum absolute atomic E-state index is 12.3. The van der Waals surface area contributed by atoms with Crippen LogP contribution >= 0.6 is 0 Å². The maximum Gasteiger partial charge on any atom is 0.317 e. The van der Waals surface area contributed by atoms with Gasteiger partial charge in [0.25, 0.3) is 0 Å². The van der Waals surface area contributed by atoms with E-state index in [9.17, 15) is 9.59 Å². The van der Waals surface area contributed by atoms with Crippen molar-refractivity contribution in [2.75, 3.05) is 19.6 Å². The van der Waals surface area contributed by atoms with Crippen molar-refractivity contribution in [1.29, 1.82) is 0 Å². The van der Waals surface area contributed by atoms with Crippen LogP contribution in [0.1, 0.15) is 32.1 Å². The molecule has 1 aromatic rings. The van der Waals surface area contributed by atoms with Crippen LogP contribution < -0.4 is 15.4 Å². The molecule has 1 saturated carbocycles. The summed E-state index contributed by atoms with van der Waals surface area (Å²) in [7, 11) is 0. The summed E-state index contributed by atoms with van der Waals surface area (Å²) in [5.74, 6) is 0.722. The van der Waals surface area contributed by atoms with Gasteiger partial charge in [-0.25, -0.2) is 4.79 Å². The third-order valence-electron chi connectivity index (χ3n) is 4.58. The fourth-order valence-electron chi connectivity index (χ4n) is 3.33. The van der Waals surface area contributed by atoms with E-state index >= 15 is 0 Å². The van der Waals surface area contributed by atoms with Crippen LogP contribution in [0, 0.1) is 0 Å². The summed E-state index contributed by atoms with van der Waals surface area (Å²) in [6.45, 7) is 1.43. The minimum Gasteiger partial charge on any atom is -0.488 e. The molecule has 2 N–H and O–H groups in total. The van der Waals surface area contributed by atoms with E-state index in [-0.39, 0.29) is 30.6 Å². The van der Waals surface area contributed by atoms with E-state index in [1.165, 1.54) is 0 Å². The average Bonchev–Trinajstić information content (AvgIpc) is 2.60. The quantitative estimate of drug-likeness (QED) is 0.866. The van der Waals surface area contributed by atoms with E-state index < -0.39 is 0 Å². The summed E-state index contributed by atoms with van der Waals surface area (Å²) in [5.41, 5.74) is 0. The third kappa shape index (κ3) is 4.40. The van der Waals surface area contributed by atoms with Crippen molar-refractivity contribution < 1.29 is 14.3 Å². The number of rotatable bonds is 5. The molecule has 3 rings (SSSR count).